The maximum Gasteiger partial charge on any atom is 0.261 e. The minimum atomic E-state index is -0.528. The molecule has 0 saturated carbocycles. The number of nitrogens with one attached hydrogen (secondary N) is 2. The quantitative estimate of drug-likeness (QED) is 0.583. The zero-order chi connectivity index (χ0) is 18.8. The van der Waals surface area contributed by atoms with Crippen molar-refractivity contribution in [2.24, 2.45) is 0 Å². The van der Waals surface area contributed by atoms with Gasteiger partial charge in [-0.15, -0.1) is 0 Å². The normalized spacial score (nSPS) is 10.9. The number of fused-ring (bicyclic) bond motifs is 1. The summed E-state index contributed by atoms with van der Waals surface area (Å²) in [7, 11) is 0. The molecular weight excluding hydrogens is 349 g/mol. The van der Waals surface area contributed by atoms with Crippen LogP contribution in [-0.4, -0.2) is 25.7 Å². The number of nitrogens with zero attached hydrogens (tertiary/aromatic N) is 3. The van der Waals surface area contributed by atoms with Crippen molar-refractivity contribution in [3.63, 3.8) is 0 Å². The van der Waals surface area contributed by atoms with Crippen LogP contribution in [0.5, 0.6) is 0 Å². The molecule has 2 heterocycles. The highest BCUT2D eigenvalue weighted by atomic mass is 19.1. The smallest absolute Gasteiger partial charge is 0.261 e. The number of aromatic nitrogens is 4. The monoisotopic (exact) mass is 363 g/mol. The Morgan fingerprint density at radius 3 is 2.89 bits per heavy atom. The van der Waals surface area contributed by atoms with Crippen LogP contribution in [0.4, 0.5) is 10.1 Å². The Bertz CT molecular complexity index is 1180. The van der Waals surface area contributed by atoms with Gasteiger partial charge in [0.05, 0.1) is 22.9 Å². The molecule has 2 aromatic carbocycles. The Labute approximate surface area is 152 Å². The van der Waals surface area contributed by atoms with E-state index in [1.807, 2.05) is 12.1 Å². The lowest BCUT2D eigenvalue weighted by Crippen LogP contribution is -2.28. The summed E-state index contributed by atoms with van der Waals surface area (Å²) >= 11 is 0. The zero-order valence-electron chi connectivity index (χ0n) is 14.0. The largest absolute Gasteiger partial charge is 0.325 e. The van der Waals surface area contributed by atoms with Gasteiger partial charge in [-0.3, -0.25) is 19.3 Å². The van der Waals surface area contributed by atoms with Gasteiger partial charge in [0.2, 0.25) is 5.91 Å². The van der Waals surface area contributed by atoms with Gasteiger partial charge < -0.3 is 5.32 Å². The number of carbonyl (C=O) groups is 1. The number of hydrogen-bond acceptors (Lipinski definition) is 4. The predicted octanol–water partition coefficient (Wildman–Crippen LogP) is 2.56. The van der Waals surface area contributed by atoms with Crippen molar-refractivity contribution in [1.29, 1.82) is 0 Å². The van der Waals surface area contributed by atoms with Gasteiger partial charge in [0.1, 0.15) is 12.4 Å². The van der Waals surface area contributed by atoms with Crippen molar-refractivity contribution < 1.29 is 9.18 Å². The average molecular weight is 363 g/mol. The molecule has 7 nitrogen and oxygen atoms in total. The first-order valence-electron chi connectivity index (χ1n) is 8.14. The number of anilines is 1. The molecule has 4 aromatic rings. The van der Waals surface area contributed by atoms with E-state index in [2.05, 4.69) is 20.5 Å². The van der Waals surface area contributed by atoms with Crippen LogP contribution >= 0.6 is 0 Å². The Hall–Kier alpha value is -3.81. The van der Waals surface area contributed by atoms with Crippen LogP contribution in [0.25, 0.3) is 22.2 Å². The fourth-order valence-corrected chi connectivity index (χ4v) is 2.78. The lowest BCUT2D eigenvalue weighted by atomic mass is 10.1. The second-order valence-corrected chi connectivity index (χ2v) is 5.94. The van der Waals surface area contributed by atoms with Gasteiger partial charge in [0.15, 0.2) is 0 Å². The van der Waals surface area contributed by atoms with Crippen LogP contribution in [-0.2, 0) is 11.3 Å². The molecule has 0 aliphatic rings. The molecule has 8 heteroatoms. The molecule has 0 bridgehead atoms. The van der Waals surface area contributed by atoms with Crippen molar-refractivity contribution in [1.82, 2.24) is 19.7 Å². The number of carbonyl (C=O) groups excluding carboxylic acids is 1. The van der Waals surface area contributed by atoms with E-state index in [4.69, 9.17) is 0 Å². The number of aromatic amines is 1. The third-order valence-electron chi connectivity index (χ3n) is 4.06. The van der Waals surface area contributed by atoms with E-state index in [-0.39, 0.29) is 11.9 Å². The zero-order valence-corrected chi connectivity index (χ0v) is 14.0. The number of benzene rings is 2. The van der Waals surface area contributed by atoms with E-state index >= 15 is 0 Å². The highest BCUT2D eigenvalue weighted by Crippen LogP contribution is 2.20. The molecule has 0 spiro atoms. The van der Waals surface area contributed by atoms with Gasteiger partial charge in [-0.1, -0.05) is 12.1 Å². The van der Waals surface area contributed by atoms with Crippen LogP contribution in [0.3, 0.4) is 0 Å². The first-order chi connectivity index (χ1) is 13.1. The second kappa shape index (κ2) is 6.83. The molecule has 0 aliphatic carbocycles. The molecule has 0 radical (unpaired) electrons. The highest BCUT2D eigenvalue weighted by molar-refractivity contribution is 5.91. The summed E-state index contributed by atoms with van der Waals surface area (Å²) in [5.41, 5.74) is 2.18. The summed E-state index contributed by atoms with van der Waals surface area (Å²) < 4.78 is 14.5. The van der Waals surface area contributed by atoms with Crippen molar-refractivity contribution in [2.45, 2.75) is 6.54 Å². The first-order valence-corrected chi connectivity index (χ1v) is 8.14. The maximum absolute atomic E-state index is 13.4. The molecule has 0 saturated heterocycles. The molecule has 0 atom stereocenters. The molecule has 2 N–H and O–H groups in total. The van der Waals surface area contributed by atoms with E-state index in [0.717, 1.165) is 21.9 Å². The van der Waals surface area contributed by atoms with Crippen LogP contribution in [0, 0.1) is 5.82 Å². The SMILES string of the molecule is O=C(Cn1cnc2ccc(F)cc2c1=O)Nc1cccc(-c2ccn[nH]2)c1. The van der Waals surface area contributed by atoms with E-state index in [9.17, 15) is 14.0 Å². The second-order valence-electron chi connectivity index (χ2n) is 5.94. The number of amides is 1. The minimum Gasteiger partial charge on any atom is -0.325 e. The summed E-state index contributed by atoms with van der Waals surface area (Å²) in [5, 5.41) is 9.63. The summed E-state index contributed by atoms with van der Waals surface area (Å²) in [6, 6.07) is 12.8. The molecule has 4 rings (SSSR count). The van der Waals surface area contributed by atoms with E-state index in [1.54, 1.807) is 24.4 Å². The van der Waals surface area contributed by atoms with Gasteiger partial charge in [0.25, 0.3) is 5.56 Å². The van der Waals surface area contributed by atoms with Crippen molar-refractivity contribution in [3.05, 3.63) is 77.2 Å². The van der Waals surface area contributed by atoms with Gasteiger partial charge in [-0.05, 0) is 36.4 Å². The molecule has 0 aliphatic heterocycles. The lowest BCUT2D eigenvalue weighted by molar-refractivity contribution is -0.116. The lowest BCUT2D eigenvalue weighted by Gasteiger charge is -2.09. The Kier molecular flexibility index (Phi) is 4.21. The predicted molar refractivity (Wildman–Crippen MR) is 98.6 cm³/mol. The highest BCUT2D eigenvalue weighted by Gasteiger charge is 2.10. The van der Waals surface area contributed by atoms with Crippen LogP contribution < -0.4 is 10.9 Å². The fourth-order valence-electron chi connectivity index (χ4n) is 2.78. The van der Waals surface area contributed by atoms with Gasteiger partial charge in [-0.25, -0.2) is 9.37 Å². The van der Waals surface area contributed by atoms with E-state index in [1.165, 1.54) is 18.5 Å². The van der Waals surface area contributed by atoms with Crippen LogP contribution in [0.2, 0.25) is 0 Å². The molecule has 0 fully saturated rings. The third-order valence-corrected chi connectivity index (χ3v) is 4.06. The van der Waals surface area contributed by atoms with Crippen molar-refractivity contribution in [2.75, 3.05) is 5.32 Å². The third kappa shape index (κ3) is 3.45. The summed E-state index contributed by atoms with van der Waals surface area (Å²) in [4.78, 5) is 28.9. The summed E-state index contributed by atoms with van der Waals surface area (Å²) in [5.74, 6) is -0.921. The van der Waals surface area contributed by atoms with Crippen LogP contribution in [0.15, 0.2) is 65.8 Å². The number of H-pyrrole nitrogens is 1. The molecule has 0 unspecified atom stereocenters. The molecular formula is C19H14FN5O2. The standard InChI is InChI=1S/C19H14FN5O2/c20-13-4-5-17-15(9-13)19(27)25(11-21-17)10-18(26)23-14-3-1-2-12(8-14)16-6-7-22-24-16/h1-9,11H,10H2,(H,22,24)(H,23,26). The molecule has 1 amide bonds. The molecule has 134 valence electrons. The number of hydrogen-bond donors (Lipinski definition) is 2. The van der Waals surface area contributed by atoms with E-state index in [0.29, 0.717) is 11.2 Å². The topological polar surface area (TPSA) is 92.7 Å². The van der Waals surface area contributed by atoms with Gasteiger partial charge in [-0.2, -0.15) is 5.10 Å². The number of rotatable bonds is 4. The first kappa shape index (κ1) is 16.6. The Balaban J connectivity index is 1.55. The molecule has 2 aromatic heterocycles. The fraction of sp³-hybridized carbons (Fsp3) is 0.0526. The summed E-state index contributed by atoms with van der Waals surface area (Å²) in [6.45, 7) is -0.230. The Morgan fingerprint density at radius 1 is 1.19 bits per heavy atom. The molecule has 27 heavy (non-hydrogen) atoms. The maximum atomic E-state index is 13.4. The van der Waals surface area contributed by atoms with Gasteiger partial charge in [0, 0.05) is 17.4 Å². The number of halogens is 1. The Morgan fingerprint density at radius 2 is 2.07 bits per heavy atom. The average Bonchev–Trinajstić information content (AvgIpc) is 3.19. The van der Waals surface area contributed by atoms with Crippen molar-refractivity contribution >= 4 is 22.5 Å². The van der Waals surface area contributed by atoms with Crippen molar-refractivity contribution in [3.8, 4) is 11.3 Å². The van der Waals surface area contributed by atoms with Crippen LogP contribution in [0.1, 0.15) is 0 Å². The van der Waals surface area contributed by atoms with Gasteiger partial charge >= 0.3 is 0 Å². The summed E-state index contributed by atoms with van der Waals surface area (Å²) in [6.07, 6.45) is 2.92. The van der Waals surface area contributed by atoms with E-state index < -0.39 is 17.3 Å². The minimum absolute atomic E-state index is 0.131.